The summed E-state index contributed by atoms with van der Waals surface area (Å²) in [4.78, 5) is 47.0. The van der Waals surface area contributed by atoms with Crippen LogP contribution in [0, 0.1) is 5.92 Å². The standard InChI is InChI=1S/C23H32N4O4/c28-21-6-7-22(29)27(21)17-20(31-23(30)18-4-2-1-3-5-18)16-25-12-14-26(15-13-25)19-8-10-24-11-9-19/h8-11,18,20H,1-7,12-17H2. The second-order valence-corrected chi connectivity index (χ2v) is 8.78. The largest absolute Gasteiger partial charge is 0.459 e. The van der Waals surface area contributed by atoms with Gasteiger partial charge in [0.15, 0.2) is 0 Å². The smallest absolute Gasteiger partial charge is 0.309 e. The van der Waals surface area contributed by atoms with Crippen molar-refractivity contribution in [3.05, 3.63) is 24.5 Å². The lowest BCUT2D eigenvalue weighted by Crippen LogP contribution is -2.51. The van der Waals surface area contributed by atoms with Crippen LogP contribution in [0.5, 0.6) is 0 Å². The zero-order valence-electron chi connectivity index (χ0n) is 18.1. The molecule has 1 aromatic rings. The molecule has 8 heteroatoms. The number of hydrogen-bond acceptors (Lipinski definition) is 7. The number of imide groups is 1. The maximum Gasteiger partial charge on any atom is 0.309 e. The van der Waals surface area contributed by atoms with Gasteiger partial charge in [-0.1, -0.05) is 19.3 Å². The number of hydrogen-bond donors (Lipinski definition) is 0. The van der Waals surface area contributed by atoms with Gasteiger partial charge in [0.05, 0.1) is 12.5 Å². The molecule has 31 heavy (non-hydrogen) atoms. The van der Waals surface area contributed by atoms with Crippen molar-refractivity contribution in [3.63, 3.8) is 0 Å². The van der Waals surface area contributed by atoms with Crippen LogP contribution in [-0.2, 0) is 19.1 Å². The summed E-state index contributed by atoms with van der Waals surface area (Å²) in [6, 6.07) is 4.02. The van der Waals surface area contributed by atoms with E-state index < -0.39 is 6.10 Å². The molecule has 1 unspecified atom stereocenters. The fourth-order valence-corrected chi connectivity index (χ4v) is 4.79. The quantitative estimate of drug-likeness (QED) is 0.484. The number of nitrogens with zero attached hydrogens (tertiary/aromatic N) is 4. The van der Waals surface area contributed by atoms with E-state index in [2.05, 4.69) is 14.8 Å². The van der Waals surface area contributed by atoms with Gasteiger partial charge in [0.1, 0.15) is 6.10 Å². The predicted octanol–water partition coefficient (Wildman–Crippen LogP) is 1.84. The molecular formula is C23H32N4O4. The monoisotopic (exact) mass is 428 g/mol. The molecule has 8 nitrogen and oxygen atoms in total. The number of carbonyl (C=O) groups excluding carboxylic acids is 3. The van der Waals surface area contributed by atoms with Gasteiger partial charge in [0.2, 0.25) is 11.8 Å². The molecule has 1 atom stereocenters. The van der Waals surface area contributed by atoms with E-state index in [9.17, 15) is 14.4 Å². The molecule has 168 valence electrons. The second kappa shape index (κ2) is 10.2. The van der Waals surface area contributed by atoms with E-state index >= 15 is 0 Å². The predicted molar refractivity (Wildman–Crippen MR) is 115 cm³/mol. The van der Waals surface area contributed by atoms with E-state index in [4.69, 9.17) is 4.74 Å². The highest BCUT2D eigenvalue weighted by Crippen LogP contribution is 2.26. The number of amides is 2. The van der Waals surface area contributed by atoms with Crippen LogP contribution in [0.1, 0.15) is 44.9 Å². The third-order valence-electron chi connectivity index (χ3n) is 6.62. The van der Waals surface area contributed by atoms with Gasteiger partial charge in [0, 0.05) is 63.6 Å². The Labute approximate surface area is 183 Å². The van der Waals surface area contributed by atoms with Crippen molar-refractivity contribution in [2.24, 2.45) is 5.92 Å². The Bertz CT molecular complexity index is 757. The molecule has 0 spiro atoms. The zero-order valence-corrected chi connectivity index (χ0v) is 18.1. The topological polar surface area (TPSA) is 83.1 Å². The van der Waals surface area contributed by atoms with Gasteiger partial charge in [0.25, 0.3) is 0 Å². The summed E-state index contributed by atoms with van der Waals surface area (Å²) >= 11 is 0. The van der Waals surface area contributed by atoms with E-state index in [0.717, 1.165) is 57.5 Å². The summed E-state index contributed by atoms with van der Waals surface area (Å²) in [5, 5.41) is 0. The minimum Gasteiger partial charge on any atom is -0.459 e. The molecule has 0 radical (unpaired) electrons. The van der Waals surface area contributed by atoms with E-state index in [1.54, 1.807) is 12.4 Å². The van der Waals surface area contributed by atoms with Crippen LogP contribution < -0.4 is 4.90 Å². The highest BCUT2D eigenvalue weighted by Gasteiger charge is 2.34. The van der Waals surface area contributed by atoms with E-state index in [1.807, 2.05) is 12.1 Å². The lowest BCUT2D eigenvalue weighted by molar-refractivity contribution is -0.160. The van der Waals surface area contributed by atoms with E-state index in [-0.39, 0.29) is 43.1 Å². The summed E-state index contributed by atoms with van der Waals surface area (Å²) in [6.07, 6.45) is 8.67. The molecule has 3 heterocycles. The van der Waals surface area contributed by atoms with Crippen LogP contribution in [0.15, 0.2) is 24.5 Å². The SMILES string of the molecule is O=C(OC(CN1CCN(c2ccncc2)CC1)CN1C(=O)CCC1=O)C1CCCCC1. The molecule has 2 aliphatic heterocycles. The maximum absolute atomic E-state index is 12.8. The van der Waals surface area contributed by atoms with Crippen molar-refractivity contribution in [1.29, 1.82) is 0 Å². The maximum atomic E-state index is 12.8. The van der Waals surface area contributed by atoms with Gasteiger partial charge < -0.3 is 9.64 Å². The van der Waals surface area contributed by atoms with Gasteiger partial charge in [-0.25, -0.2) is 0 Å². The van der Waals surface area contributed by atoms with Crippen molar-refractivity contribution in [1.82, 2.24) is 14.8 Å². The summed E-state index contributed by atoms with van der Waals surface area (Å²) in [7, 11) is 0. The minimum absolute atomic E-state index is 0.0511. The van der Waals surface area contributed by atoms with Crippen LogP contribution in [0.25, 0.3) is 0 Å². The molecule has 1 saturated carbocycles. The summed E-state index contributed by atoms with van der Waals surface area (Å²) in [5.74, 6) is -0.540. The molecule has 0 N–H and O–H groups in total. The summed E-state index contributed by atoms with van der Waals surface area (Å²) in [6.45, 7) is 4.12. The van der Waals surface area contributed by atoms with Crippen LogP contribution in [0.4, 0.5) is 5.69 Å². The van der Waals surface area contributed by atoms with Crippen molar-refractivity contribution < 1.29 is 19.1 Å². The van der Waals surface area contributed by atoms with Crippen molar-refractivity contribution in [3.8, 4) is 0 Å². The molecule has 0 bridgehead atoms. The number of carbonyl (C=O) groups is 3. The number of pyridine rings is 1. The van der Waals surface area contributed by atoms with Crippen LogP contribution in [0.3, 0.4) is 0 Å². The van der Waals surface area contributed by atoms with E-state index in [0.29, 0.717) is 6.54 Å². The van der Waals surface area contributed by atoms with E-state index in [1.165, 1.54) is 11.3 Å². The number of rotatable bonds is 7. The van der Waals surface area contributed by atoms with Gasteiger partial charge in [-0.3, -0.25) is 29.2 Å². The Morgan fingerprint density at radius 2 is 1.61 bits per heavy atom. The Kier molecular flexibility index (Phi) is 7.17. The first-order chi connectivity index (χ1) is 15.1. The first-order valence-corrected chi connectivity index (χ1v) is 11.5. The Balaban J connectivity index is 1.36. The molecule has 1 aliphatic carbocycles. The fourth-order valence-electron chi connectivity index (χ4n) is 4.79. The highest BCUT2D eigenvalue weighted by molar-refractivity contribution is 6.01. The zero-order chi connectivity index (χ0) is 21.6. The third kappa shape index (κ3) is 5.61. The molecule has 2 saturated heterocycles. The van der Waals surface area contributed by atoms with Crippen molar-refractivity contribution in [2.45, 2.75) is 51.0 Å². The summed E-state index contributed by atoms with van der Waals surface area (Å²) < 4.78 is 5.91. The minimum atomic E-state index is -0.479. The normalized spacial score (nSPS) is 22.1. The number of anilines is 1. The molecule has 2 amide bonds. The van der Waals surface area contributed by atoms with Crippen molar-refractivity contribution in [2.75, 3.05) is 44.2 Å². The Morgan fingerprint density at radius 1 is 0.968 bits per heavy atom. The number of ether oxygens (including phenoxy) is 1. The number of esters is 1. The number of aromatic nitrogens is 1. The summed E-state index contributed by atoms with van der Waals surface area (Å²) in [5.41, 5.74) is 1.16. The number of likely N-dealkylation sites (tertiary alicyclic amines) is 1. The van der Waals surface area contributed by atoms with Crippen molar-refractivity contribution >= 4 is 23.5 Å². The number of piperazine rings is 1. The second-order valence-electron chi connectivity index (χ2n) is 8.78. The molecule has 0 aromatic carbocycles. The molecule has 3 aliphatic rings. The van der Waals surface area contributed by atoms with Gasteiger partial charge in [-0.2, -0.15) is 0 Å². The first kappa shape index (κ1) is 21.7. The average molecular weight is 429 g/mol. The highest BCUT2D eigenvalue weighted by atomic mass is 16.5. The molecule has 1 aromatic heterocycles. The average Bonchev–Trinajstić information content (AvgIpc) is 3.12. The fraction of sp³-hybridized carbons (Fsp3) is 0.652. The van der Waals surface area contributed by atoms with Crippen LogP contribution in [0.2, 0.25) is 0 Å². The van der Waals surface area contributed by atoms with Crippen LogP contribution in [-0.4, -0.2) is 77.9 Å². The third-order valence-corrected chi connectivity index (χ3v) is 6.62. The Morgan fingerprint density at radius 3 is 2.26 bits per heavy atom. The van der Waals surface area contributed by atoms with Gasteiger partial charge >= 0.3 is 5.97 Å². The lowest BCUT2D eigenvalue weighted by Gasteiger charge is -2.38. The first-order valence-electron chi connectivity index (χ1n) is 11.5. The van der Waals surface area contributed by atoms with Gasteiger partial charge in [-0.15, -0.1) is 0 Å². The lowest BCUT2D eigenvalue weighted by atomic mass is 9.89. The Hall–Kier alpha value is -2.48. The molecule has 4 rings (SSSR count). The molecule has 3 fully saturated rings. The van der Waals surface area contributed by atoms with Crippen LogP contribution >= 0.6 is 0 Å². The molecular weight excluding hydrogens is 396 g/mol. The van der Waals surface area contributed by atoms with Gasteiger partial charge in [-0.05, 0) is 25.0 Å².